The summed E-state index contributed by atoms with van der Waals surface area (Å²) in [5.41, 5.74) is -0.0760. The van der Waals surface area contributed by atoms with E-state index in [0.717, 1.165) is 0 Å². The van der Waals surface area contributed by atoms with Crippen molar-refractivity contribution in [3.63, 3.8) is 0 Å². The molecule has 1 heterocycles. The summed E-state index contributed by atoms with van der Waals surface area (Å²) in [6.07, 6.45) is 1.38. The molecule has 1 N–H and O–H groups in total. The molecule has 0 aliphatic heterocycles. The Bertz CT molecular complexity index is 565. The van der Waals surface area contributed by atoms with Crippen LogP contribution >= 0.6 is 0 Å². The van der Waals surface area contributed by atoms with Crippen molar-refractivity contribution in [3.05, 3.63) is 40.7 Å². The van der Waals surface area contributed by atoms with Gasteiger partial charge in [0, 0.05) is 13.1 Å². The van der Waals surface area contributed by atoms with Crippen LogP contribution in [0.3, 0.4) is 0 Å². The van der Waals surface area contributed by atoms with E-state index in [4.69, 9.17) is 0 Å². The molecule has 0 spiro atoms. The van der Waals surface area contributed by atoms with Crippen LogP contribution in [0, 0.1) is 5.82 Å². The lowest BCUT2D eigenvalue weighted by Crippen LogP contribution is -2.25. The van der Waals surface area contributed by atoms with E-state index in [1.54, 1.807) is 13.1 Å². The number of halogens is 1. The zero-order valence-electron chi connectivity index (χ0n) is 8.90. The van der Waals surface area contributed by atoms with Gasteiger partial charge in [-0.2, -0.15) is 0 Å². The van der Waals surface area contributed by atoms with E-state index in [1.807, 2.05) is 0 Å². The number of likely N-dealkylation sites (N-methyl/N-ethyl adjacent to an activating group) is 1. The molecule has 0 fully saturated rings. The molecule has 0 aliphatic carbocycles. The highest BCUT2D eigenvalue weighted by Gasteiger charge is 2.06. The minimum atomic E-state index is -0.463. The average molecular weight is 221 g/mol. The van der Waals surface area contributed by atoms with Crippen LogP contribution in [0.15, 0.2) is 29.3 Å². The van der Waals surface area contributed by atoms with Crippen molar-refractivity contribution in [1.29, 1.82) is 0 Å². The minimum absolute atomic E-state index is 0.133. The molecule has 0 saturated heterocycles. The van der Waals surface area contributed by atoms with E-state index >= 15 is 0 Å². The van der Waals surface area contributed by atoms with E-state index < -0.39 is 5.82 Å². The molecule has 0 saturated carbocycles. The molecule has 5 heteroatoms. The van der Waals surface area contributed by atoms with Gasteiger partial charge in [0.1, 0.15) is 11.3 Å². The highest BCUT2D eigenvalue weighted by Crippen LogP contribution is 2.10. The van der Waals surface area contributed by atoms with Crippen LogP contribution in [-0.2, 0) is 6.54 Å². The molecule has 0 amide bonds. The van der Waals surface area contributed by atoms with Crippen LogP contribution in [0.4, 0.5) is 4.39 Å². The number of rotatable bonds is 3. The summed E-state index contributed by atoms with van der Waals surface area (Å²) < 4.78 is 14.8. The smallest absolute Gasteiger partial charge is 0.261 e. The van der Waals surface area contributed by atoms with Crippen molar-refractivity contribution < 1.29 is 4.39 Å². The van der Waals surface area contributed by atoms with Crippen LogP contribution < -0.4 is 10.9 Å². The third kappa shape index (κ3) is 1.81. The Morgan fingerprint density at radius 1 is 1.50 bits per heavy atom. The first-order chi connectivity index (χ1) is 7.74. The molecule has 0 unspecified atom stereocenters. The molecule has 2 rings (SSSR count). The number of para-hydroxylation sites is 1. The van der Waals surface area contributed by atoms with Crippen molar-refractivity contribution in [2.75, 3.05) is 13.6 Å². The zero-order valence-corrected chi connectivity index (χ0v) is 8.90. The average Bonchev–Trinajstić information content (AvgIpc) is 2.29. The lowest BCUT2D eigenvalue weighted by Gasteiger charge is -2.05. The summed E-state index contributed by atoms with van der Waals surface area (Å²) in [4.78, 5) is 15.9. The van der Waals surface area contributed by atoms with Gasteiger partial charge < -0.3 is 5.32 Å². The molecule has 0 atom stereocenters. The van der Waals surface area contributed by atoms with Crippen molar-refractivity contribution in [2.45, 2.75) is 6.54 Å². The van der Waals surface area contributed by atoms with Gasteiger partial charge >= 0.3 is 0 Å². The second kappa shape index (κ2) is 4.40. The van der Waals surface area contributed by atoms with Gasteiger partial charge in [0.15, 0.2) is 0 Å². The van der Waals surface area contributed by atoms with Gasteiger partial charge in [0.25, 0.3) is 5.56 Å². The third-order valence-electron chi connectivity index (χ3n) is 2.41. The van der Waals surface area contributed by atoms with Crippen molar-refractivity contribution in [2.24, 2.45) is 0 Å². The van der Waals surface area contributed by atoms with E-state index in [0.29, 0.717) is 18.5 Å². The van der Waals surface area contributed by atoms with Crippen molar-refractivity contribution in [3.8, 4) is 0 Å². The molecule has 0 aliphatic rings. The van der Waals surface area contributed by atoms with Crippen LogP contribution in [0.2, 0.25) is 0 Å². The van der Waals surface area contributed by atoms with Gasteiger partial charge in [0.05, 0.1) is 11.7 Å². The molecule has 1 aromatic carbocycles. The maximum absolute atomic E-state index is 13.3. The van der Waals surface area contributed by atoms with Gasteiger partial charge in [0.2, 0.25) is 0 Å². The van der Waals surface area contributed by atoms with Gasteiger partial charge in [-0.15, -0.1) is 0 Å². The first-order valence-corrected chi connectivity index (χ1v) is 5.02. The highest BCUT2D eigenvalue weighted by molar-refractivity contribution is 5.77. The fourth-order valence-corrected chi connectivity index (χ4v) is 1.55. The largest absolute Gasteiger partial charge is 0.318 e. The number of benzene rings is 1. The van der Waals surface area contributed by atoms with Gasteiger partial charge in [-0.1, -0.05) is 6.07 Å². The van der Waals surface area contributed by atoms with Crippen molar-refractivity contribution in [1.82, 2.24) is 14.9 Å². The topological polar surface area (TPSA) is 46.9 Å². The molecular formula is C11H12FN3O. The predicted molar refractivity (Wildman–Crippen MR) is 59.9 cm³/mol. The maximum Gasteiger partial charge on any atom is 0.261 e. The zero-order chi connectivity index (χ0) is 11.5. The number of hydrogen-bond acceptors (Lipinski definition) is 3. The second-order valence-electron chi connectivity index (χ2n) is 3.48. The van der Waals surface area contributed by atoms with Crippen LogP contribution in [-0.4, -0.2) is 23.1 Å². The van der Waals surface area contributed by atoms with Gasteiger partial charge in [-0.05, 0) is 19.2 Å². The molecule has 4 nitrogen and oxygen atoms in total. The summed E-state index contributed by atoms with van der Waals surface area (Å²) in [6, 6.07) is 4.40. The normalized spacial score (nSPS) is 10.9. The second-order valence-corrected chi connectivity index (χ2v) is 3.48. The first-order valence-electron chi connectivity index (χ1n) is 5.02. The number of aromatic nitrogens is 2. The molecule has 1 aromatic heterocycles. The van der Waals surface area contributed by atoms with Crippen LogP contribution in [0.25, 0.3) is 10.9 Å². The summed E-state index contributed by atoms with van der Waals surface area (Å²) in [5.74, 6) is -0.463. The van der Waals surface area contributed by atoms with Crippen LogP contribution in [0.1, 0.15) is 0 Å². The minimum Gasteiger partial charge on any atom is -0.318 e. The summed E-state index contributed by atoms with van der Waals surface area (Å²) >= 11 is 0. The lowest BCUT2D eigenvalue weighted by atomic mass is 10.2. The molecule has 16 heavy (non-hydrogen) atoms. The van der Waals surface area contributed by atoms with Crippen LogP contribution in [0.5, 0.6) is 0 Å². The number of fused-ring (bicyclic) bond motifs is 1. The van der Waals surface area contributed by atoms with Crippen molar-refractivity contribution >= 4 is 10.9 Å². The molecule has 0 radical (unpaired) electrons. The van der Waals surface area contributed by atoms with E-state index in [-0.39, 0.29) is 11.1 Å². The fraction of sp³-hybridized carbons (Fsp3) is 0.273. The predicted octanol–water partition coefficient (Wildman–Crippen LogP) is 0.755. The monoisotopic (exact) mass is 221 g/mol. The van der Waals surface area contributed by atoms with E-state index in [9.17, 15) is 9.18 Å². The Balaban J connectivity index is 2.57. The number of hydrogen-bond donors (Lipinski definition) is 1. The summed E-state index contributed by atoms with van der Waals surface area (Å²) in [6.45, 7) is 1.19. The third-order valence-corrected chi connectivity index (χ3v) is 2.41. The summed E-state index contributed by atoms with van der Waals surface area (Å²) in [7, 11) is 1.80. The molecular weight excluding hydrogens is 209 g/mol. The summed E-state index contributed by atoms with van der Waals surface area (Å²) in [5, 5.41) is 3.26. The van der Waals surface area contributed by atoms with Gasteiger partial charge in [-0.3, -0.25) is 9.36 Å². The molecule has 2 aromatic rings. The standard InChI is InChI=1S/C11H12FN3O/c1-13-5-6-15-7-14-10-8(11(15)16)3-2-4-9(10)12/h2-4,7,13H,5-6H2,1H3. The Hall–Kier alpha value is -1.75. The highest BCUT2D eigenvalue weighted by atomic mass is 19.1. The Morgan fingerprint density at radius 2 is 2.31 bits per heavy atom. The first kappa shape index (κ1) is 10.8. The Morgan fingerprint density at radius 3 is 3.06 bits per heavy atom. The molecule has 84 valence electrons. The van der Waals surface area contributed by atoms with Gasteiger partial charge in [-0.25, -0.2) is 9.37 Å². The maximum atomic E-state index is 13.3. The van der Waals surface area contributed by atoms with E-state index in [1.165, 1.54) is 23.0 Å². The Labute approximate surface area is 91.7 Å². The SMILES string of the molecule is CNCCn1cnc2c(F)cccc2c1=O. The molecule has 0 bridgehead atoms. The lowest BCUT2D eigenvalue weighted by molar-refractivity contribution is 0.613. The van der Waals surface area contributed by atoms with E-state index in [2.05, 4.69) is 10.3 Å². The Kier molecular flexibility index (Phi) is 2.96. The quantitative estimate of drug-likeness (QED) is 0.832. The fourth-order valence-electron chi connectivity index (χ4n) is 1.55. The number of nitrogens with one attached hydrogen (secondary N) is 1. The number of nitrogens with zero attached hydrogens (tertiary/aromatic N) is 2.